The van der Waals surface area contributed by atoms with Crippen LogP contribution in [0.5, 0.6) is 0 Å². The van der Waals surface area contributed by atoms with Gasteiger partial charge in [-0.05, 0) is 37.3 Å². The minimum atomic E-state index is -0.391. The number of halogens is 2. The number of nitrogens with one attached hydrogen (secondary N) is 2. The summed E-state index contributed by atoms with van der Waals surface area (Å²) < 4.78 is 1.20. The van der Waals surface area contributed by atoms with Gasteiger partial charge in [0.05, 0.1) is 21.1 Å². The molecule has 0 amide bonds. The maximum absolute atomic E-state index is 13.1. The summed E-state index contributed by atoms with van der Waals surface area (Å²) in [5.74, 6) is 0.387. The molecule has 3 heterocycles. The normalized spacial score (nSPS) is 14.0. The average molecular weight is 482 g/mol. The standard InChI is InChI=1S/C23H21Cl2N7O/c1-14-20-17(22(33)32(30-14)21-18(24)6-3-7-19(21)25)13-27-23(29-20)28-15-4-2-5-16(12-15)31-10-8-26-9-11-31/h2-7,12-13,26H,8-11H2,1H3,(H,27,28,29). The van der Waals surface area contributed by atoms with E-state index in [0.717, 1.165) is 37.6 Å². The van der Waals surface area contributed by atoms with Gasteiger partial charge in [0.1, 0.15) is 11.2 Å². The monoisotopic (exact) mass is 481 g/mol. The van der Waals surface area contributed by atoms with E-state index in [9.17, 15) is 4.79 Å². The Labute approximate surface area is 200 Å². The molecule has 0 bridgehead atoms. The molecule has 0 atom stereocenters. The van der Waals surface area contributed by atoms with E-state index in [0.29, 0.717) is 38.3 Å². The predicted molar refractivity (Wildman–Crippen MR) is 132 cm³/mol. The van der Waals surface area contributed by atoms with Gasteiger partial charge in [-0.1, -0.05) is 35.3 Å². The van der Waals surface area contributed by atoms with Crippen LogP contribution in [0.2, 0.25) is 10.0 Å². The lowest BCUT2D eigenvalue weighted by atomic mass is 10.2. The average Bonchev–Trinajstić information content (AvgIpc) is 2.83. The summed E-state index contributed by atoms with van der Waals surface area (Å²) in [7, 11) is 0. The zero-order valence-electron chi connectivity index (χ0n) is 17.8. The number of hydrogen-bond acceptors (Lipinski definition) is 7. The summed E-state index contributed by atoms with van der Waals surface area (Å²) in [5.41, 5.74) is 2.98. The Morgan fingerprint density at radius 2 is 1.79 bits per heavy atom. The second-order valence-electron chi connectivity index (χ2n) is 7.74. The highest BCUT2D eigenvalue weighted by Gasteiger charge is 2.17. The molecule has 10 heteroatoms. The third kappa shape index (κ3) is 4.25. The molecule has 1 aliphatic heterocycles. The zero-order chi connectivity index (χ0) is 22.9. The molecule has 2 N–H and O–H groups in total. The number of hydrogen-bond donors (Lipinski definition) is 2. The van der Waals surface area contributed by atoms with Crippen molar-refractivity contribution in [2.45, 2.75) is 6.92 Å². The fourth-order valence-corrected chi connectivity index (χ4v) is 4.46. The third-order valence-electron chi connectivity index (χ3n) is 5.54. The molecule has 168 valence electrons. The molecular weight excluding hydrogens is 461 g/mol. The lowest BCUT2D eigenvalue weighted by Gasteiger charge is -2.29. The molecule has 0 aliphatic carbocycles. The number of rotatable bonds is 4. The van der Waals surface area contributed by atoms with Crippen LogP contribution in [-0.4, -0.2) is 45.9 Å². The summed E-state index contributed by atoms with van der Waals surface area (Å²) in [4.78, 5) is 24.4. The Morgan fingerprint density at radius 1 is 1.06 bits per heavy atom. The predicted octanol–water partition coefficient (Wildman–Crippen LogP) is 3.94. The first-order chi connectivity index (χ1) is 16.0. The number of fused-ring (bicyclic) bond motifs is 1. The van der Waals surface area contributed by atoms with Gasteiger partial charge < -0.3 is 15.5 Å². The Balaban J connectivity index is 1.50. The van der Waals surface area contributed by atoms with Crippen molar-refractivity contribution in [1.82, 2.24) is 25.1 Å². The fourth-order valence-electron chi connectivity index (χ4n) is 3.91. The van der Waals surface area contributed by atoms with Crippen LogP contribution in [0, 0.1) is 6.92 Å². The molecule has 8 nitrogen and oxygen atoms in total. The summed E-state index contributed by atoms with van der Waals surface area (Å²) in [6.07, 6.45) is 1.50. The molecule has 0 saturated carbocycles. The van der Waals surface area contributed by atoms with E-state index in [4.69, 9.17) is 23.2 Å². The number of nitrogens with zero attached hydrogens (tertiary/aromatic N) is 5. The second-order valence-corrected chi connectivity index (χ2v) is 8.56. The van der Waals surface area contributed by atoms with E-state index in [2.05, 4.69) is 42.7 Å². The third-order valence-corrected chi connectivity index (χ3v) is 6.15. The van der Waals surface area contributed by atoms with Crippen molar-refractivity contribution in [2.75, 3.05) is 36.4 Å². The van der Waals surface area contributed by atoms with Crippen molar-refractivity contribution in [1.29, 1.82) is 0 Å². The molecule has 1 fully saturated rings. The smallest absolute Gasteiger partial charge is 0.282 e. The van der Waals surface area contributed by atoms with Gasteiger partial charge in [0.15, 0.2) is 0 Å². The van der Waals surface area contributed by atoms with E-state index >= 15 is 0 Å². The van der Waals surface area contributed by atoms with Gasteiger partial charge >= 0.3 is 0 Å². The molecule has 1 saturated heterocycles. The minimum absolute atomic E-state index is 0.332. The Morgan fingerprint density at radius 3 is 2.55 bits per heavy atom. The molecule has 33 heavy (non-hydrogen) atoms. The summed E-state index contributed by atoms with van der Waals surface area (Å²) in [6.45, 7) is 5.64. The van der Waals surface area contributed by atoms with Gasteiger partial charge in [-0.3, -0.25) is 4.79 Å². The lowest BCUT2D eigenvalue weighted by Crippen LogP contribution is -2.43. The van der Waals surface area contributed by atoms with Crippen molar-refractivity contribution in [3.05, 3.63) is 74.8 Å². The molecule has 0 unspecified atom stereocenters. The highest BCUT2D eigenvalue weighted by Crippen LogP contribution is 2.28. The van der Waals surface area contributed by atoms with E-state index in [-0.39, 0.29) is 0 Å². The number of anilines is 3. The van der Waals surface area contributed by atoms with Gasteiger partial charge in [0.25, 0.3) is 5.56 Å². The second kappa shape index (κ2) is 8.97. The Kier molecular flexibility index (Phi) is 5.88. The summed E-state index contributed by atoms with van der Waals surface area (Å²) in [5, 5.41) is 12.0. The molecule has 5 rings (SSSR count). The molecule has 2 aromatic heterocycles. The Bertz CT molecular complexity index is 1380. The van der Waals surface area contributed by atoms with Crippen LogP contribution in [0.4, 0.5) is 17.3 Å². The van der Waals surface area contributed by atoms with E-state index in [1.807, 2.05) is 12.1 Å². The first kappa shape index (κ1) is 21.6. The van der Waals surface area contributed by atoms with Crippen molar-refractivity contribution in [3.8, 4) is 5.69 Å². The fraction of sp³-hybridized carbons (Fsp3) is 0.217. The van der Waals surface area contributed by atoms with Crippen LogP contribution < -0.4 is 21.1 Å². The van der Waals surface area contributed by atoms with E-state index in [1.165, 1.54) is 10.9 Å². The van der Waals surface area contributed by atoms with Gasteiger partial charge in [0, 0.05) is 43.8 Å². The maximum Gasteiger partial charge on any atom is 0.282 e. The summed E-state index contributed by atoms with van der Waals surface area (Å²) in [6, 6.07) is 13.2. The molecule has 1 aliphatic rings. The molecule has 4 aromatic rings. The zero-order valence-corrected chi connectivity index (χ0v) is 19.4. The highest BCUT2D eigenvalue weighted by atomic mass is 35.5. The summed E-state index contributed by atoms with van der Waals surface area (Å²) >= 11 is 12.6. The van der Waals surface area contributed by atoms with Crippen molar-refractivity contribution < 1.29 is 0 Å². The van der Waals surface area contributed by atoms with E-state index < -0.39 is 5.56 Å². The first-order valence-electron chi connectivity index (χ1n) is 10.5. The maximum atomic E-state index is 13.1. The van der Waals surface area contributed by atoms with Crippen LogP contribution in [-0.2, 0) is 0 Å². The Hall–Kier alpha value is -3.20. The number of aryl methyl sites for hydroxylation is 1. The minimum Gasteiger partial charge on any atom is -0.369 e. The van der Waals surface area contributed by atoms with Crippen molar-refractivity contribution in [3.63, 3.8) is 0 Å². The molecule has 2 aromatic carbocycles. The van der Waals surface area contributed by atoms with Crippen LogP contribution in [0.25, 0.3) is 16.6 Å². The van der Waals surface area contributed by atoms with Crippen LogP contribution in [0.3, 0.4) is 0 Å². The van der Waals surface area contributed by atoms with Crippen LogP contribution in [0.1, 0.15) is 5.69 Å². The number of aromatic nitrogens is 4. The quantitative estimate of drug-likeness (QED) is 0.456. The largest absolute Gasteiger partial charge is 0.369 e. The van der Waals surface area contributed by atoms with Gasteiger partial charge in [-0.25, -0.2) is 9.97 Å². The van der Waals surface area contributed by atoms with Crippen molar-refractivity contribution in [2.24, 2.45) is 0 Å². The molecular formula is C23H21Cl2N7O. The topological polar surface area (TPSA) is 88.0 Å². The van der Waals surface area contributed by atoms with Crippen LogP contribution in [0.15, 0.2) is 53.5 Å². The van der Waals surface area contributed by atoms with Crippen LogP contribution >= 0.6 is 23.2 Å². The SMILES string of the molecule is Cc1nn(-c2c(Cl)cccc2Cl)c(=O)c2cnc(Nc3cccc(N4CCNCC4)c3)nc12. The highest BCUT2D eigenvalue weighted by molar-refractivity contribution is 6.37. The van der Waals surface area contributed by atoms with Crippen molar-refractivity contribution >= 4 is 51.4 Å². The molecule has 0 radical (unpaired) electrons. The number of piperazine rings is 1. The van der Waals surface area contributed by atoms with E-state index in [1.54, 1.807) is 25.1 Å². The van der Waals surface area contributed by atoms with Gasteiger partial charge in [0.2, 0.25) is 5.95 Å². The van der Waals surface area contributed by atoms with Gasteiger partial charge in [-0.15, -0.1) is 0 Å². The first-order valence-corrected chi connectivity index (χ1v) is 11.3. The van der Waals surface area contributed by atoms with Gasteiger partial charge in [-0.2, -0.15) is 9.78 Å². The lowest BCUT2D eigenvalue weighted by molar-refractivity contribution is 0.589. The number of para-hydroxylation sites is 1. The number of benzene rings is 2. The molecule has 0 spiro atoms.